The van der Waals surface area contributed by atoms with Gasteiger partial charge in [0.2, 0.25) is 0 Å². The second-order valence-electron chi connectivity index (χ2n) is 6.02. The molecule has 2 N–H and O–H groups in total. The number of hydrogen-bond donors (Lipinski definition) is 2. The van der Waals surface area contributed by atoms with Gasteiger partial charge in [-0.05, 0) is 37.1 Å². The lowest BCUT2D eigenvalue weighted by Gasteiger charge is -2.24. The summed E-state index contributed by atoms with van der Waals surface area (Å²) in [4.78, 5) is 14.0. The number of aromatic nitrogens is 2. The van der Waals surface area contributed by atoms with Crippen LogP contribution in [0.2, 0.25) is 0 Å². The van der Waals surface area contributed by atoms with Crippen LogP contribution in [0.3, 0.4) is 0 Å². The summed E-state index contributed by atoms with van der Waals surface area (Å²) in [5.74, 6) is 0.480. The molecule has 2 aromatic rings. The lowest BCUT2D eigenvalue weighted by atomic mass is 10.2. The van der Waals surface area contributed by atoms with Crippen LogP contribution in [0.1, 0.15) is 28.9 Å². The molecule has 1 aromatic carbocycles. The molecule has 1 aliphatic heterocycles. The Bertz CT molecular complexity index is 659. The molecule has 1 atom stereocenters. The zero-order valence-electron chi connectivity index (χ0n) is 13.9. The highest BCUT2D eigenvalue weighted by atomic mass is 16.1. The van der Waals surface area contributed by atoms with E-state index in [4.69, 9.17) is 0 Å². The molecule has 0 bridgehead atoms. The fraction of sp³-hybridized carbons (Fsp3) is 0.389. The SMILES string of the molecule is CNC(=O)c1ccc(NCC2CCCN2Cc2ccccc2)nn1. The molecule has 1 unspecified atom stereocenters. The van der Waals surface area contributed by atoms with Gasteiger partial charge in [0, 0.05) is 26.2 Å². The van der Waals surface area contributed by atoms with Crippen LogP contribution in [0.15, 0.2) is 42.5 Å². The second kappa shape index (κ2) is 7.88. The Kier molecular flexibility index (Phi) is 5.38. The minimum Gasteiger partial charge on any atom is -0.367 e. The van der Waals surface area contributed by atoms with E-state index < -0.39 is 0 Å². The topological polar surface area (TPSA) is 70.2 Å². The zero-order chi connectivity index (χ0) is 16.8. The molecule has 2 heterocycles. The van der Waals surface area contributed by atoms with Gasteiger partial charge in [0.15, 0.2) is 5.69 Å². The molecule has 126 valence electrons. The van der Waals surface area contributed by atoms with E-state index in [0.29, 0.717) is 17.6 Å². The van der Waals surface area contributed by atoms with Crippen LogP contribution in [0, 0.1) is 0 Å². The van der Waals surface area contributed by atoms with Crippen molar-refractivity contribution in [2.75, 3.05) is 25.5 Å². The number of benzene rings is 1. The fourth-order valence-corrected chi connectivity index (χ4v) is 3.05. The lowest BCUT2D eigenvalue weighted by Crippen LogP contribution is -2.34. The summed E-state index contributed by atoms with van der Waals surface area (Å²) in [5.41, 5.74) is 1.67. The van der Waals surface area contributed by atoms with Gasteiger partial charge in [0.1, 0.15) is 5.82 Å². The van der Waals surface area contributed by atoms with Gasteiger partial charge in [0.25, 0.3) is 5.91 Å². The van der Waals surface area contributed by atoms with E-state index in [1.807, 2.05) is 6.07 Å². The molecule has 1 saturated heterocycles. The number of carbonyl (C=O) groups excluding carboxylic acids is 1. The molecule has 6 nitrogen and oxygen atoms in total. The van der Waals surface area contributed by atoms with Crippen LogP contribution < -0.4 is 10.6 Å². The molecule has 0 aliphatic carbocycles. The molecule has 1 amide bonds. The van der Waals surface area contributed by atoms with Crippen molar-refractivity contribution < 1.29 is 4.79 Å². The molecule has 1 fully saturated rings. The minimum atomic E-state index is -0.223. The average molecular weight is 325 g/mol. The van der Waals surface area contributed by atoms with Gasteiger partial charge in [-0.25, -0.2) is 0 Å². The van der Waals surface area contributed by atoms with Crippen LogP contribution in [-0.4, -0.2) is 47.2 Å². The molecule has 0 radical (unpaired) electrons. The van der Waals surface area contributed by atoms with Crippen LogP contribution >= 0.6 is 0 Å². The summed E-state index contributed by atoms with van der Waals surface area (Å²) >= 11 is 0. The molecule has 1 aliphatic rings. The summed E-state index contributed by atoms with van der Waals surface area (Å²) in [6, 6.07) is 14.5. The van der Waals surface area contributed by atoms with Gasteiger partial charge in [-0.2, -0.15) is 0 Å². The summed E-state index contributed by atoms with van der Waals surface area (Å²) in [5, 5.41) is 13.9. The van der Waals surface area contributed by atoms with Crippen molar-refractivity contribution in [3.8, 4) is 0 Å². The minimum absolute atomic E-state index is 0.223. The number of hydrogen-bond acceptors (Lipinski definition) is 5. The molecule has 0 saturated carbocycles. The van der Waals surface area contributed by atoms with Crippen LogP contribution in [0.5, 0.6) is 0 Å². The number of nitrogens with zero attached hydrogens (tertiary/aromatic N) is 3. The Morgan fingerprint density at radius 3 is 2.75 bits per heavy atom. The number of nitrogens with one attached hydrogen (secondary N) is 2. The van der Waals surface area contributed by atoms with E-state index in [-0.39, 0.29) is 5.91 Å². The van der Waals surface area contributed by atoms with Gasteiger partial charge >= 0.3 is 0 Å². The summed E-state index contributed by atoms with van der Waals surface area (Å²) in [7, 11) is 1.58. The lowest BCUT2D eigenvalue weighted by molar-refractivity contribution is 0.0957. The summed E-state index contributed by atoms with van der Waals surface area (Å²) < 4.78 is 0. The first-order valence-corrected chi connectivity index (χ1v) is 8.34. The molecule has 6 heteroatoms. The molecule has 24 heavy (non-hydrogen) atoms. The number of anilines is 1. The first-order chi connectivity index (χ1) is 11.8. The van der Waals surface area contributed by atoms with Crippen molar-refractivity contribution >= 4 is 11.7 Å². The smallest absolute Gasteiger partial charge is 0.271 e. The van der Waals surface area contributed by atoms with Gasteiger partial charge in [-0.1, -0.05) is 30.3 Å². The van der Waals surface area contributed by atoms with E-state index in [1.165, 1.54) is 18.4 Å². The third kappa shape index (κ3) is 4.08. The standard InChI is InChI=1S/C18H23N5O/c1-19-18(24)16-9-10-17(22-21-16)20-12-15-8-5-11-23(15)13-14-6-3-2-4-7-14/h2-4,6-7,9-10,15H,5,8,11-13H2,1H3,(H,19,24)(H,20,22). The van der Waals surface area contributed by atoms with Crippen molar-refractivity contribution in [2.45, 2.75) is 25.4 Å². The highest BCUT2D eigenvalue weighted by Gasteiger charge is 2.24. The number of carbonyl (C=O) groups is 1. The maximum absolute atomic E-state index is 11.5. The Hall–Kier alpha value is -2.47. The highest BCUT2D eigenvalue weighted by molar-refractivity contribution is 5.91. The molecular weight excluding hydrogens is 302 g/mol. The average Bonchev–Trinajstić information content (AvgIpc) is 3.07. The van der Waals surface area contributed by atoms with E-state index in [2.05, 4.69) is 50.0 Å². The monoisotopic (exact) mass is 325 g/mol. The molecular formula is C18H23N5O. The maximum Gasteiger partial charge on any atom is 0.271 e. The Morgan fingerprint density at radius 1 is 1.21 bits per heavy atom. The first-order valence-electron chi connectivity index (χ1n) is 8.34. The second-order valence-corrected chi connectivity index (χ2v) is 6.02. The van der Waals surface area contributed by atoms with Gasteiger partial charge < -0.3 is 10.6 Å². The Balaban J connectivity index is 1.54. The highest BCUT2D eigenvalue weighted by Crippen LogP contribution is 2.20. The quantitative estimate of drug-likeness (QED) is 0.849. The van der Waals surface area contributed by atoms with Gasteiger partial charge in [-0.15, -0.1) is 10.2 Å². The summed E-state index contributed by atoms with van der Waals surface area (Å²) in [6.07, 6.45) is 2.41. The number of amides is 1. The third-order valence-electron chi connectivity index (χ3n) is 4.37. The van der Waals surface area contributed by atoms with E-state index in [1.54, 1.807) is 19.2 Å². The maximum atomic E-state index is 11.5. The number of rotatable bonds is 6. The predicted molar refractivity (Wildman–Crippen MR) is 93.8 cm³/mol. The predicted octanol–water partition coefficient (Wildman–Crippen LogP) is 1.91. The number of likely N-dealkylation sites (tertiary alicyclic amines) is 1. The fourth-order valence-electron chi connectivity index (χ4n) is 3.05. The first kappa shape index (κ1) is 16.4. The molecule has 1 aromatic heterocycles. The zero-order valence-corrected chi connectivity index (χ0v) is 13.9. The van der Waals surface area contributed by atoms with Crippen molar-refractivity contribution in [2.24, 2.45) is 0 Å². The van der Waals surface area contributed by atoms with E-state index in [0.717, 1.165) is 19.6 Å². The Morgan fingerprint density at radius 2 is 2.04 bits per heavy atom. The van der Waals surface area contributed by atoms with Crippen molar-refractivity contribution in [1.82, 2.24) is 20.4 Å². The van der Waals surface area contributed by atoms with Crippen LogP contribution in [0.25, 0.3) is 0 Å². The van der Waals surface area contributed by atoms with Crippen LogP contribution in [0.4, 0.5) is 5.82 Å². The van der Waals surface area contributed by atoms with E-state index >= 15 is 0 Å². The molecule has 3 rings (SSSR count). The Labute approximate surface area is 142 Å². The van der Waals surface area contributed by atoms with Crippen LogP contribution in [-0.2, 0) is 6.54 Å². The molecule has 0 spiro atoms. The van der Waals surface area contributed by atoms with Crippen molar-refractivity contribution in [3.63, 3.8) is 0 Å². The van der Waals surface area contributed by atoms with Gasteiger partial charge in [-0.3, -0.25) is 9.69 Å². The normalized spacial score (nSPS) is 17.6. The van der Waals surface area contributed by atoms with Crippen molar-refractivity contribution in [3.05, 3.63) is 53.7 Å². The summed E-state index contributed by atoms with van der Waals surface area (Å²) in [6.45, 7) is 2.94. The third-order valence-corrected chi connectivity index (χ3v) is 4.37. The van der Waals surface area contributed by atoms with Gasteiger partial charge in [0.05, 0.1) is 0 Å². The van der Waals surface area contributed by atoms with E-state index in [9.17, 15) is 4.79 Å². The van der Waals surface area contributed by atoms with Crippen molar-refractivity contribution in [1.29, 1.82) is 0 Å². The largest absolute Gasteiger partial charge is 0.367 e.